The molecule has 0 amide bonds. The highest BCUT2D eigenvalue weighted by atomic mass is 16.5. The van der Waals surface area contributed by atoms with Crippen LogP contribution >= 0.6 is 0 Å². The zero-order valence-corrected chi connectivity index (χ0v) is 17.7. The van der Waals surface area contributed by atoms with E-state index in [0.717, 1.165) is 39.0 Å². The summed E-state index contributed by atoms with van der Waals surface area (Å²) in [4.78, 5) is 0. The highest BCUT2D eigenvalue weighted by Crippen LogP contribution is 2.26. The molecular weight excluding hydrogens is 384 g/mol. The lowest BCUT2D eigenvalue weighted by molar-refractivity contribution is 0.408. The van der Waals surface area contributed by atoms with Crippen LogP contribution in [0, 0.1) is 18.3 Å². The maximum atomic E-state index is 9.46. The Kier molecular flexibility index (Phi) is 6.00. The van der Waals surface area contributed by atoms with Crippen molar-refractivity contribution in [2.45, 2.75) is 20.0 Å². The van der Waals surface area contributed by atoms with Crippen LogP contribution in [0.25, 0.3) is 10.9 Å². The topological polar surface area (TPSA) is 62.3 Å². The van der Waals surface area contributed by atoms with E-state index in [9.17, 15) is 5.26 Å². The smallest absolute Gasteiger partial charge is 0.123 e. The van der Waals surface area contributed by atoms with Crippen LogP contribution < -0.4 is 10.2 Å². The molecule has 0 fully saturated rings. The minimum atomic E-state index is 0.577. The molecule has 0 unspecified atom stereocenters. The van der Waals surface area contributed by atoms with Crippen LogP contribution in [-0.4, -0.2) is 17.9 Å². The Morgan fingerprint density at radius 2 is 1.71 bits per heavy atom. The molecular formula is C26H24N4O. The van der Waals surface area contributed by atoms with Crippen molar-refractivity contribution in [1.82, 2.24) is 9.99 Å². The highest BCUT2D eigenvalue weighted by Gasteiger charge is 2.14. The van der Waals surface area contributed by atoms with E-state index in [4.69, 9.17) is 4.74 Å². The second-order valence-corrected chi connectivity index (χ2v) is 7.28. The van der Waals surface area contributed by atoms with Gasteiger partial charge in [0.2, 0.25) is 0 Å². The number of rotatable bonds is 7. The number of para-hydroxylation sites is 2. The Bertz CT molecular complexity index is 1280. The maximum absolute atomic E-state index is 9.46. The van der Waals surface area contributed by atoms with E-state index < -0.39 is 0 Å². The minimum absolute atomic E-state index is 0.577. The monoisotopic (exact) mass is 408 g/mol. The summed E-state index contributed by atoms with van der Waals surface area (Å²) in [5.74, 6) is 0.842. The van der Waals surface area contributed by atoms with Gasteiger partial charge in [0, 0.05) is 34.3 Å². The van der Waals surface area contributed by atoms with Gasteiger partial charge in [-0.1, -0.05) is 54.6 Å². The number of fused-ring (bicyclic) bond motifs is 1. The number of benzene rings is 3. The van der Waals surface area contributed by atoms with Gasteiger partial charge in [0.05, 0.1) is 31.5 Å². The lowest BCUT2D eigenvalue weighted by atomic mass is 10.1. The first-order valence-corrected chi connectivity index (χ1v) is 10.2. The largest absolute Gasteiger partial charge is 0.496 e. The molecule has 1 aromatic heterocycles. The molecule has 0 aliphatic rings. The molecule has 5 nitrogen and oxygen atoms in total. The van der Waals surface area contributed by atoms with Gasteiger partial charge in [0.15, 0.2) is 0 Å². The first-order chi connectivity index (χ1) is 15.2. The van der Waals surface area contributed by atoms with Crippen LogP contribution in [-0.2, 0) is 13.1 Å². The van der Waals surface area contributed by atoms with E-state index in [1.807, 2.05) is 66.9 Å². The second-order valence-electron chi connectivity index (χ2n) is 7.28. The quantitative estimate of drug-likeness (QED) is 0.346. The van der Waals surface area contributed by atoms with Gasteiger partial charge in [-0.05, 0) is 30.7 Å². The molecule has 154 valence electrons. The normalized spacial score (nSPS) is 11.0. The Morgan fingerprint density at radius 1 is 1.00 bits per heavy atom. The first kappa shape index (κ1) is 20.2. The molecule has 0 aliphatic heterocycles. The first-order valence-electron chi connectivity index (χ1n) is 10.2. The van der Waals surface area contributed by atoms with Crippen LogP contribution in [0.4, 0.5) is 0 Å². The molecule has 3 aromatic carbocycles. The summed E-state index contributed by atoms with van der Waals surface area (Å²) in [7, 11) is 1.67. The standard InChI is InChI=1S/C26H24N4O/c1-19-24(17-29-28-16-21-10-5-8-14-26(21)31-2)23-12-6-7-13-25(23)30(19)18-22-11-4-3-9-20(22)15-27/h3-14,17,28H,16,18H2,1-2H3/b29-17-. The summed E-state index contributed by atoms with van der Waals surface area (Å²) in [6.45, 7) is 3.31. The van der Waals surface area contributed by atoms with Crippen molar-refractivity contribution in [3.63, 3.8) is 0 Å². The van der Waals surface area contributed by atoms with Crippen LogP contribution in [0.3, 0.4) is 0 Å². The zero-order valence-electron chi connectivity index (χ0n) is 17.7. The van der Waals surface area contributed by atoms with E-state index in [-0.39, 0.29) is 0 Å². The third-order valence-electron chi connectivity index (χ3n) is 5.49. The SMILES string of the molecule is COc1ccccc1CN/N=C\c1c(C)n(Cc2ccccc2C#N)c2ccccc12. The molecule has 31 heavy (non-hydrogen) atoms. The number of hydrogen-bond donors (Lipinski definition) is 1. The number of aromatic nitrogens is 1. The molecule has 0 atom stereocenters. The summed E-state index contributed by atoms with van der Waals surface area (Å²) < 4.78 is 7.64. The molecule has 0 saturated carbocycles. The minimum Gasteiger partial charge on any atom is -0.496 e. The molecule has 0 radical (unpaired) electrons. The molecule has 0 saturated heterocycles. The Balaban J connectivity index is 1.62. The van der Waals surface area contributed by atoms with Gasteiger partial charge in [-0.25, -0.2) is 0 Å². The summed E-state index contributed by atoms with van der Waals surface area (Å²) in [5.41, 5.74) is 9.19. The van der Waals surface area contributed by atoms with Crippen molar-refractivity contribution in [3.05, 3.63) is 101 Å². The van der Waals surface area contributed by atoms with Gasteiger partial charge in [0.25, 0.3) is 0 Å². The van der Waals surface area contributed by atoms with Crippen molar-refractivity contribution < 1.29 is 4.74 Å². The van der Waals surface area contributed by atoms with Gasteiger partial charge >= 0.3 is 0 Å². The van der Waals surface area contributed by atoms with Gasteiger partial charge in [-0.2, -0.15) is 10.4 Å². The molecule has 4 rings (SSSR count). The number of ether oxygens (including phenoxy) is 1. The second kappa shape index (κ2) is 9.19. The predicted octanol–water partition coefficient (Wildman–Crippen LogP) is 5.00. The average molecular weight is 409 g/mol. The Hall–Kier alpha value is -4.04. The van der Waals surface area contributed by atoms with Crippen molar-refractivity contribution in [1.29, 1.82) is 5.26 Å². The molecule has 4 aromatic rings. The fourth-order valence-corrected chi connectivity index (χ4v) is 3.85. The van der Waals surface area contributed by atoms with E-state index in [2.05, 4.69) is 40.2 Å². The van der Waals surface area contributed by atoms with Gasteiger partial charge in [-0.3, -0.25) is 0 Å². The lowest BCUT2D eigenvalue weighted by Crippen LogP contribution is -2.07. The molecule has 0 spiro atoms. The van der Waals surface area contributed by atoms with E-state index in [1.54, 1.807) is 7.11 Å². The molecule has 0 aliphatic carbocycles. The summed E-state index contributed by atoms with van der Waals surface area (Å²) in [6.07, 6.45) is 1.87. The summed E-state index contributed by atoms with van der Waals surface area (Å²) in [6, 6.07) is 26.2. The van der Waals surface area contributed by atoms with Crippen LogP contribution in [0.2, 0.25) is 0 Å². The number of methoxy groups -OCH3 is 1. The predicted molar refractivity (Wildman–Crippen MR) is 124 cm³/mol. The maximum Gasteiger partial charge on any atom is 0.123 e. The Morgan fingerprint density at radius 3 is 2.52 bits per heavy atom. The molecule has 1 N–H and O–H groups in total. The fourth-order valence-electron chi connectivity index (χ4n) is 3.85. The lowest BCUT2D eigenvalue weighted by Gasteiger charge is -2.10. The number of nitriles is 1. The number of hydrazone groups is 1. The zero-order chi connectivity index (χ0) is 21.6. The fraction of sp³-hybridized carbons (Fsp3) is 0.154. The van der Waals surface area contributed by atoms with Crippen molar-refractivity contribution >= 4 is 17.1 Å². The van der Waals surface area contributed by atoms with Crippen LogP contribution in [0.1, 0.15) is 27.9 Å². The third-order valence-corrected chi connectivity index (χ3v) is 5.49. The van der Waals surface area contributed by atoms with Crippen LogP contribution in [0.15, 0.2) is 77.9 Å². The summed E-state index contributed by atoms with van der Waals surface area (Å²) >= 11 is 0. The van der Waals surface area contributed by atoms with Crippen molar-refractivity contribution in [3.8, 4) is 11.8 Å². The van der Waals surface area contributed by atoms with Crippen molar-refractivity contribution in [2.75, 3.05) is 7.11 Å². The Labute approximate surface area is 182 Å². The van der Waals surface area contributed by atoms with Gasteiger partial charge in [0.1, 0.15) is 5.75 Å². The number of nitrogens with one attached hydrogen (secondary N) is 1. The van der Waals surface area contributed by atoms with E-state index in [1.165, 1.54) is 0 Å². The average Bonchev–Trinajstić information content (AvgIpc) is 3.08. The van der Waals surface area contributed by atoms with Gasteiger partial charge < -0.3 is 14.7 Å². The van der Waals surface area contributed by atoms with Crippen molar-refractivity contribution in [2.24, 2.45) is 5.10 Å². The number of nitrogens with zero attached hydrogens (tertiary/aromatic N) is 3. The number of hydrogen-bond acceptors (Lipinski definition) is 4. The molecule has 1 heterocycles. The van der Waals surface area contributed by atoms with E-state index >= 15 is 0 Å². The molecule has 0 bridgehead atoms. The van der Waals surface area contributed by atoms with E-state index in [0.29, 0.717) is 18.7 Å². The van der Waals surface area contributed by atoms with Crippen LogP contribution in [0.5, 0.6) is 5.75 Å². The van der Waals surface area contributed by atoms with Gasteiger partial charge in [-0.15, -0.1) is 0 Å². The third kappa shape index (κ3) is 4.15. The summed E-state index contributed by atoms with van der Waals surface area (Å²) in [5, 5.41) is 15.1. The molecule has 5 heteroatoms. The highest BCUT2D eigenvalue weighted by molar-refractivity contribution is 6.01.